The lowest BCUT2D eigenvalue weighted by Gasteiger charge is -2.24. The lowest BCUT2D eigenvalue weighted by atomic mass is 10.2. The molecule has 0 saturated heterocycles. The second kappa shape index (κ2) is 5.84. The Labute approximate surface area is 114 Å². The molecule has 0 aliphatic rings. The van der Waals surface area contributed by atoms with Gasteiger partial charge in [0.2, 0.25) is 0 Å². The minimum Gasteiger partial charge on any atom is -0.329 e. The summed E-state index contributed by atoms with van der Waals surface area (Å²) in [6.45, 7) is 2.38. The average Bonchev–Trinajstić information content (AvgIpc) is 2.62. The van der Waals surface area contributed by atoms with E-state index in [4.69, 9.17) is 11.6 Å². The first-order valence-corrected chi connectivity index (χ1v) is 6.53. The molecule has 18 heavy (non-hydrogen) atoms. The van der Waals surface area contributed by atoms with Gasteiger partial charge < -0.3 is 10.2 Å². The van der Waals surface area contributed by atoms with Crippen LogP contribution in [0.5, 0.6) is 0 Å². The third-order valence-corrected chi connectivity index (χ3v) is 3.68. The van der Waals surface area contributed by atoms with Crippen molar-refractivity contribution in [2.45, 2.75) is 32.4 Å². The van der Waals surface area contributed by atoms with Gasteiger partial charge in [0.15, 0.2) is 0 Å². The highest BCUT2D eigenvalue weighted by atomic mass is 35.5. The van der Waals surface area contributed by atoms with Crippen LogP contribution in [-0.4, -0.2) is 29.9 Å². The number of carbonyl (C=O) groups is 1. The predicted molar refractivity (Wildman–Crippen MR) is 69.4 cm³/mol. The van der Waals surface area contributed by atoms with Crippen LogP contribution in [0.2, 0.25) is 4.34 Å². The zero-order valence-corrected chi connectivity index (χ0v) is 11.9. The van der Waals surface area contributed by atoms with Crippen LogP contribution in [0, 0.1) is 0 Å². The summed E-state index contributed by atoms with van der Waals surface area (Å²) in [5.41, 5.74) is 0. The number of urea groups is 1. The van der Waals surface area contributed by atoms with E-state index < -0.39 is 18.0 Å². The maximum atomic E-state index is 12.9. The number of carbonyl (C=O) groups excluding carboxylic acids is 1. The highest BCUT2D eigenvalue weighted by molar-refractivity contribution is 7.16. The molecule has 0 spiro atoms. The first-order valence-electron chi connectivity index (χ1n) is 5.34. The Balaban J connectivity index is 2.52. The van der Waals surface area contributed by atoms with Crippen molar-refractivity contribution in [1.82, 2.24) is 10.2 Å². The van der Waals surface area contributed by atoms with E-state index in [9.17, 15) is 13.6 Å². The van der Waals surface area contributed by atoms with Gasteiger partial charge in [-0.05, 0) is 19.1 Å². The normalized spacial score (nSPS) is 13.2. The highest BCUT2D eigenvalue weighted by Gasteiger charge is 2.31. The molecular formula is C11H15ClF2N2OS. The zero-order chi connectivity index (χ0) is 13.9. The Hall–Kier alpha value is -0.880. The molecule has 1 rings (SSSR count). The van der Waals surface area contributed by atoms with Gasteiger partial charge in [-0.25, -0.2) is 13.6 Å². The number of alkyl halides is 2. The molecule has 1 unspecified atom stereocenters. The van der Waals surface area contributed by atoms with E-state index in [0.29, 0.717) is 10.9 Å². The second-order valence-electron chi connectivity index (χ2n) is 4.19. The fourth-order valence-electron chi connectivity index (χ4n) is 1.16. The van der Waals surface area contributed by atoms with Gasteiger partial charge in [0.05, 0.1) is 16.9 Å². The summed E-state index contributed by atoms with van der Waals surface area (Å²) in [6, 6.07) is 1.79. The quantitative estimate of drug-likeness (QED) is 0.905. The molecule has 3 nitrogen and oxygen atoms in total. The molecule has 0 aromatic carbocycles. The lowest BCUT2D eigenvalue weighted by Crippen LogP contribution is -2.48. The Kier molecular flexibility index (Phi) is 4.92. The van der Waals surface area contributed by atoms with Crippen LogP contribution in [0.15, 0.2) is 12.1 Å². The maximum absolute atomic E-state index is 12.9. The van der Waals surface area contributed by atoms with Crippen LogP contribution in [0.25, 0.3) is 0 Å². The molecule has 1 aromatic rings. The van der Waals surface area contributed by atoms with Crippen LogP contribution < -0.4 is 5.32 Å². The molecule has 1 N–H and O–H groups in total. The molecule has 1 heterocycles. The van der Waals surface area contributed by atoms with Crippen LogP contribution in [-0.2, 0) is 6.54 Å². The maximum Gasteiger partial charge on any atom is 0.317 e. The number of nitrogens with zero attached hydrogens (tertiary/aromatic N) is 1. The molecule has 2 amide bonds. The Morgan fingerprint density at radius 2 is 2.22 bits per heavy atom. The highest BCUT2D eigenvalue weighted by Crippen LogP contribution is 2.22. The van der Waals surface area contributed by atoms with Crippen molar-refractivity contribution in [3.8, 4) is 0 Å². The Morgan fingerprint density at radius 3 is 2.67 bits per heavy atom. The average molecular weight is 297 g/mol. The van der Waals surface area contributed by atoms with E-state index in [2.05, 4.69) is 5.32 Å². The van der Waals surface area contributed by atoms with Crippen LogP contribution >= 0.6 is 22.9 Å². The van der Waals surface area contributed by atoms with Crippen molar-refractivity contribution in [3.05, 3.63) is 21.3 Å². The van der Waals surface area contributed by atoms with Crippen molar-refractivity contribution in [2.75, 3.05) is 7.05 Å². The fourth-order valence-corrected chi connectivity index (χ4v) is 2.31. The summed E-state index contributed by atoms with van der Waals surface area (Å²) >= 11 is 7.12. The second-order valence-corrected chi connectivity index (χ2v) is 5.99. The van der Waals surface area contributed by atoms with Gasteiger partial charge in [0, 0.05) is 18.8 Å². The first-order chi connectivity index (χ1) is 8.20. The number of thiophene rings is 1. The van der Waals surface area contributed by atoms with E-state index in [0.717, 1.165) is 11.8 Å². The molecule has 0 bridgehead atoms. The Bertz CT molecular complexity index is 419. The summed E-state index contributed by atoms with van der Waals surface area (Å²) < 4.78 is 26.5. The molecule has 0 aliphatic carbocycles. The lowest BCUT2D eigenvalue weighted by molar-refractivity contribution is -0.00962. The predicted octanol–water partition coefficient (Wildman–Crippen LogP) is 3.59. The van der Waals surface area contributed by atoms with E-state index in [1.807, 2.05) is 0 Å². The van der Waals surface area contributed by atoms with Crippen molar-refractivity contribution in [3.63, 3.8) is 0 Å². The number of amides is 2. The number of hydrogen-bond acceptors (Lipinski definition) is 2. The zero-order valence-electron chi connectivity index (χ0n) is 10.3. The molecule has 1 atom stereocenters. The molecule has 0 aliphatic heterocycles. The van der Waals surface area contributed by atoms with E-state index in [-0.39, 0.29) is 0 Å². The van der Waals surface area contributed by atoms with E-state index in [1.54, 1.807) is 19.2 Å². The van der Waals surface area contributed by atoms with Gasteiger partial charge in [-0.2, -0.15) is 0 Å². The largest absolute Gasteiger partial charge is 0.329 e. The number of rotatable bonds is 4. The van der Waals surface area contributed by atoms with Gasteiger partial charge in [0.25, 0.3) is 5.92 Å². The van der Waals surface area contributed by atoms with Crippen molar-refractivity contribution in [2.24, 2.45) is 0 Å². The topological polar surface area (TPSA) is 32.3 Å². The molecule has 0 fully saturated rings. The van der Waals surface area contributed by atoms with E-state index in [1.165, 1.54) is 23.2 Å². The van der Waals surface area contributed by atoms with Gasteiger partial charge in [-0.3, -0.25) is 0 Å². The first kappa shape index (κ1) is 15.2. The Morgan fingerprint density at radius 1 is 1.61 bits per heavy atom. The molecule has 0 saturated carbocycles. The monoisotopic (exact) mass is 296 g/mol. The SMILES string of the molecule is CC(NC(=O)N(C)Cc1ccc(Cl)s1)C(C)(F)F. The molecule has 7 heteroatoms. The third kappa shape index (κ3) is 4.42. The van der Waals surface area contributed by atoms with Crippen molar-refractivity contribution >= 4 is 29.0 Å². The summed E-state index contributed by atoms with van der Waals surface area (Å²) in [5, 5.41) is 2.26. The summed E-state index contributed by atoms with van der Waals surface area (Å²) in [5.74, 6) is -2.94. The minimum atomic E-state index is -2.94. The smallest absolute Gasteiger partial charge is 0.317 e. The van der Waals surface area contributed by atoms with Gasteiger partial charge in [-0.15, -0.1) is 11.3 Å². The van der Waals surface area contributed by atoms with Crippen molar-refractivity contribution in [1.29, 1.82) is 0 Å². The van der Waals surface area contributed by atoms with Gasteiger partial charge in [-0.1, -0.05) is 11.6 Å². The standard InChI is InChI=1S/C11H15ClF2N2OS/c1-7(11(2,13)14)15-10(17)16(3)6-8-4-5-9(12)18-8/h4-5,7H,6H2,1-3H3,(H,15,17). The minimum absolute atomic E-state index is 0.339. The summed E-state index contributed by atoms with van der Waals surface area (Å²) in [4.78, 5) is 13.9. The number of hydrogen-bond donors (Lipinski definition) is 1. The third-order valence-electron chi connectivity index (χ3n) is 2.47. The molecular weight excluding hydrogens is 282 g/mol. The van der Waals surface area contributed by atoms with Crippen LogP contribution in [0.3, 0.4) is 0 Å². The summed E-state index contributed by atoms with van der Waals surface area (Å²) in [7, 11) is 1.55. The number of halogens is 3. The molecule has 1 aromatic heterocycles. The van der Waals surface area contributed by atoms with Crippen LogP contribution in [0.1, 0.15) is 18.7 Å². The molecule has 0 radical (unpaired) electrons. The fraction of sp³-hybridized carbons (Fsp3) is 0.545. The van der Waals surface area contributed by atoms with Crippen molar-refractivity contribution < 1.29 is 13.6 Å². The van der Waals surface area contributed by atoms with Gasteiger partial charge in [0.1, 0.15) is 0 Å². The van der Waals surface area contributed by atoms with Gasteiger partial charge >= 0.3 is 6.03 Å². The van der Waals surface area contributed by atoms with E-state index >= 15 is 0 Å². The summed E-state index contributed by atoms with van der Waals surface area (Å²) in [6.07, 6.45) is 0. The molecule has 102 valence electrons. The number of nitrogens with one attached hydrogen (secondary N) is 1. The van der Waals surface area contributed by atoms with Crippen LogP contribution in [0.4, 0.5) is 13.6 Å².